The van der Waals surface area contributed by atoms with E-state index in [1.54, 1.807) is 25.6 Å². The number of aryl methyl sites for hydroxylation is 1. The Morgan fingerprint density at radius 2 is 2.38 bits per heavy atom. The average molecular weight is 181 g/mol. The maximum absolute atomic E-state index is 10.3. The summed E-state index contributed by atoms with van der Waals surface area (Å²) < 4.78 is 4.95. The quantitative estimate of drug-likeness (QED) is 0.755. The molecule has 0 aliphatic heterocycles. The first-order chi connectivity index (χ1) is 6.22. The molecule has 1 aromatic rings. The van der Waals surface area contributed by atoms with Crippen LogP contribution in [0.3, 0.4) is 0 Å². The lowest BCUT2D eigenvalue weighted by Crippen LogP contribution is -1.98. The van der Waals surface area contributed by atoms with Crippen LogP contribution in [0.1, 0.15) is 12.0 Å². The molecular weight excluding hydrogens is 170 g/mol. The Morgan fingerprint density at radius 1 is 1.62 bits per heavy atom. The van der Waals surface area contributed by atoms with Gasteiger partial charge in [0.1, 0.15) is 5.75 Å². The monoisotopic (exact) mass is 181 g/mol. The van der Waals surface area contributed by atoms with Crippen LogP contribution in [0.5, 0.6) is 5.75 Å². The maximum Gasteiger partial charge on any atom is 0.303 e. The Morgan fingerprint density at radius 3 is 3.00 bits per heavy atom. The zero-order valence-corrected chi connectivity index (χ0v) is 7.36. The first-order valence-electron chi connectivity index (χ1n) is 3.92. The molecule has 0 saturated carbocycles. The molecule has 0 aliphatic rings. The molecule has 0 radical (unpaired) electrons. The summed E-state index contributed by atoms with van der Waals surface area (Å²) in [7, 11) is 1.55. The second-order valence-corrected chi connectivity index (χ2v) is 2.63. The largest absolute Gasteiger partial charge is 0.495 e. The third-order valence-corrected chi connectivity index (χ3v) is 1.63. The van der Waals surface area contributed by atoms with Gasteiger partial charge in [0.15, 0.2) is 0 Å². The van der Waals surface area contributed by atoms with Gasteiger partial charge in [-0.3, -0.25) is 9.78 Å². The second-order valence-electron chi connectivity index (χ2n) is 2.63. The summed E-state index contributed by atoms with van der Waals surface area (Å²) in [6.45, 7) is 0. The number of carboxylic acids is 1. The molecule has 0 unspecified atom stereocenters. The van der Waals surface area contributed by atoms with Gasteiger partial charge >= 0.3 is 5.97 Å². The van der Waals surface area contributed by atoms with Crippen LogP contribution in [0.2, 0.25) is 0 Å². The van der Waals surface area contributed by atoms with Gasteiger partial charge in [-0.05, 0) is 18.1 Å². The number of carboxylic acid groups (broad SMARTS) is 1. The molecular formula is C9H11NO3. The minimum absolute atomic E-state index is 0.120. The van der Waals surface area contributed by atoms with Gasteiger partial charge in [-0.25, -0.2) is 0 Å². The lowest BCUT2D eigenvalue weighted by molar-refractivity contribution is -0.136. The molecule has 0 fully saturated rings. The minimum atomic E-state index is -0.803. The van der Waals surface area contributed by atoms with Gasteiger partial charge in [-0.1, -0.05) is 0 Å². The van der Waals surface area contributed by atoms with Crippen LogP contribution in [-0.4, -0.2) is 23.2 Å². The van der Waals surface area contributed by atoms with Crippen LogP contribution in [0.15, 0.2) is 18.5 Å². The molecule has 1 aromatic heterocycles. The van der Waals surface area contributed by atoms with Crippen molar-refractivity contribution in [2.24, 2.45) is 0 Å². The zero-order valence-electron chi connectivity index (χ0n) is 7.36. The van der Waals surface area contributed by atoms with Crippen LogP contribution in [0.4, 0.5) is 0 Å². The Kier molecular flexibility index (Phi) is 3.25. The van der Waals surface area contributed by atoms with Crippen molar-refractivity contribution in [1.82, 2.24) is 4.98 Å². The van der Waals surface area contributed by atoms with E-state index >= 15 is 0 Å². The number of aromatic nitrogens is 1. The summed E-state index contributed by atoms with van der Waals surface area (Å²) in [5, 5.41) is 8.45. The summed E-state index contributed by atoms with van der Waals surface area (Å²) in [5.74, 6) is -0.147. The second kappa shape index (κ2) is 4.45. The molecule has 4 nitrogen and oxygen atoms in total. The highest BCUT2D eigenvalue weighted by atomic mass is 16.5. The van der Waals surface area contributed by atoms with E-state index in [1.807, 2.05) is 0 Å². The molecule has 4 heteroatoms. The predicted molar refractivity (Wildman–Crippen MR) is 46.7 cm³/mol. The number of aliphatic carboxylic acids is 1. The Hall–Kier alpha value is -1.58. The molecule has 0 atom stereocenters. The van der Waals surface area contributed by atoms with E-state index in [9.17, 15) is 4.79 Å². The summed E-state index contributed by atoms with van der Waals surface area (Å²) in [4.78, 5) is 14.2. The van der Waals surface area contributed by atoms with E-state index in [4.69, 9.17) is 9.84 Å². The smallest absolute Gasteiger partial charge is 0.303 e. The van der Waals surface area contributed by atoms with E-state index in [0.29, 0.717) is 12.2 Å². The minimum Gasteiger partial charge on any atom is -0.495 e. The summed E-state index contributed by atoms with van der Waals surface area (Å²) >= 11 is 0. The molecule has 1 heterocycles. The standard InChI is InChI=1S/C9H11NO3/c1-13-8-4-7(5-10-6-8)2-3-9(11)12/h4-6H,2-3H2,1H3,(H,11,12). The van der Waals surface area contributed by atoms with Crippen molar-refractivity contribution >= 4 is 5.97 Å². The highest BCUT2D eigenvalue weighted by Crippen LogP contribution is 2.11. The third kappa shape index (κ3) is 3.11. The van der Waals surface area contributed by atoms with Crippen molar-refractivity contribution in [3.05, 3.63) is 24.0 Å². The molecule has 0 aliphatic carbocycles. The van der Waals surface area contributed by atoms with Crippen LogP contribution < -0.4 is 4.74 Å². The number of rotatable bonds is 4. The number of nitrogens with zero attached hydrogens (tertiary/aromatic N) is 1. The van der Waals surface area contributed by atoms with E-state index in [-0.39, 0.29) is 6.42 Å². The molecule has 0 spiro atoms. The highest BCUT2D eigenvalue weighted by molar-refractivity contribution is 5.67. The van der Waals surface area contributed by atoms with E-state index in [1.165, 1.54) is 0 Å². The SMILES string of the molecule is COc1cncc(CCC(=O)O)c1. The van der Waals surface area contributed by atoms with E-state index in [0.717, 1.165) is 5.56 Å². The van der Waals surface area contributed by atoms with Crippen molar-refractivity contribution in [2.45, 2.75) is 12.8 Å². The molecule has 13 heavy (non-hydrogen) atoms. The topological polar surface area (TPSA) is 59.4 Å². The number of ether oxygens (including phenoxy) is 1. The predicted octanol–water partition coefficient (Wildman–Crippen LogP) is 1.11. The highest BCUT2D eigenvalue weighted by Gasteiger charge is 2.00. The van der Waals surface area contributed by atoms with Crippen LogP contribution in [-0.2, 0) is 11.2 Å². The normalized spacial score (nSPS) is 9.62. The number of methoxy groups -OCH3 is 1. The molecule has 1 N–H and O–H groups in total. The van der Waals surface area contributed by atoms with Crippen molar-refractivity contribution in [1.29, 1.82) is 0 Å². The fourth-order valence-corrected chi connectivity index (χ4v) is 0.963. The zero-order chi connectivity index (χ0) is 9.68. The fourth-order valence-electron chi connectivity index (χ4n) is 0.963. The molecule has 0 saturated heterocycles. The van der Waals surface area contributed by atoms with Gasteiger partial charge in [0, 0.05) is 12.6 Å². The molecule has 0 bridgehead atoms. The number of carbonyl (C=O) groups is 1. The van der Waals surface area contributed by atoms with Crippen LogP contribution in [0.25, 0.3) is 0 Å². The molecule has 0 amide bonds. The number of pyridine rings is 1. The van der Waals surface area contributed by atoms with Gasteiger partial charge < -0.3 is 9.84 Å². The summed E-state index contributed by atoms with van der Waals surface area (Å²) in [6, 6.07) is 1.79. The van der Waals surface area contributed by atoms with Gasteiger partial charge in [0.05, 0.1) is 13.3 Å². The van der Waals surface area contributed by atoms with Crippen molar-refractivity contribution in [3.8, 4) is 5.75 Å². The van der Waals surface area contributed by atoms with Gasteiger partial charge in [0.25, 0.3) is 0 Å². The first kappa shape index (κ1) is 9.51. The van der Waals surface area contributed by atoms with Crippen LogP contribution >= 0.6 is 0 Å². The van der Waals surface area contributed by atoms with E-state index in [2.05, 4.69) is 4.98 Å². The molecule has 0 aromatic carbocycles. The van der Waals surface area contributed by atoms with Crippen molar-refractivity contribution in [3.63, 3.8) is 0 Å². The fraction of sp³-hybridized carbons (Fsp3) is 0.333. The first-order valence-corrected chi connectivity index (χ1v) is 3.92. The Labute approximate surface area is 76.2 Å². The Balaban J connectivity index is 2.61. The summed E-state index contributed by atoms with van der Waals surface area (Å²) in [6.07, 6.45) is 3.84. The van der Waals surface area contributed by atoms with Crippen LogP contribution in [0, 0.1) is 0 Å². The summed E-state index contributed by atoms with van der Waals surface area (Å²) in [5.41, 5.74) is 0.877. The number of hydrogen-bond acceptors (Lipinski definition) is 3. The lowest BCUT2D eigenvalue weighted by Gasteiger charge is -2.01. The van der Waals surface area contributed by atoms with Crippen molar-refractivity contribution < 1.29 is 14.6 Å². The van der Waals surface area contributed by atoms with Gasteiger partial charge in [0.2, 0.25) is 0 Å². The third-order valence-electron chi connectivity index (χ3n) is 1.63. The van der Waals surface area contributed by atoms with Crippen molar-refractivity contribution in [2.75, 3.05) is 7.11 Å². The lowest BCUT2D eigenvalue weighted by atomic mass is 10.1. The molecule has 1 rings (SSSR count). The maximum atomic E-state index is 10.3. The Bertz CT molecular complexity index is 299. The van der Waals surface area contributed by atoms with E-state index < -0.39 is 5.97 Å². The van der Waals surface area contributed by atoms with Gasteiger partial charge in [-0.15, -0.1) is 0 Å². The average Bonchev–Trinajstić information content (AvgIpc) is 2.15. The number of hydrogen-bond donors (Lipinski definition) is 1. The van der Waals surface area contributed by atoms with Gasteiger partial charge in [-0.2, -0.15) is 0 Å². The molecule has 70 valence electrons.